The SMILES string of the molecule is CC(C)NC(=O)NC(=O)[C@H](C)Sc1nnc(-c2cccnc2)n1C1CC1. The standard InChI is InChI=1S/C17H22N6O2S/c1-10(2)19-16(25)20-15(24)11(3)26-17-22-21-14(23(17)13-6-7-13)12-5-4-8-18-9-12/h4-5,8-11,13H,6-7H2,1-3H3,(H2,19,20,24,25)/t11-/m0/s1. The summed E-state index contributed by atoms with van der Waals surface area (Å²) in [7, 11) is 0. The molecular formula is C17H22N6O2S. The minimum absolute atomic E-state index is 0.0363. The Balaban J connectivity index is 1.73. The lowest BCUT2D eigenvalue weighted by Gasteiger charge is -2.14. The molecule has 3 amide bonds. The van der Waals surface area contributed by atoms with E-state index in [9.17, 15) is 9.59 Å². The first-order valence-corrected chi connectivity index (χ1v) is 9.47. The minimum atomic E-state index is -0.489. The number of nitrogens with one attached hydrogen (secondary N) is 2. The molecule has 2 aromatic rings. The lowest BCUT2D eigenvalue weighted by Crippen LogP contribution is -2.45. The predicted octanol–water partition coefficient (Wildman–Crippen LogP) is 2.39. The molecule has 0 spiro atoms. The van der Waals surface area contributed by atoms with Crippen LogP contribution in [0.25, 0.3) is 11.4 Å². The number of thioether (sulfide) groups is 1. The molecule has 1 atom stereocenters. The monoisotopic (exact) mass is 374 g/mol. The summed E-state index contributed by atoms with van der Waals surface area (Å²) >= 11 is 1.30. The fourth-order valence-corrected chi connectivity index (χ4v) is 3.35. The molecule has 0 saturated heterocycles. The summed E-state index contributed by atoms with van der Waals surface area (Å²) < 4.78 is 2.07. The second-order valence-electron chi connectivity index (χ2n) is 6.53. The number of aromatic nitrogens is 4. The Morgan fingerprint density at radius 1 is 1.27 bits per heavy atom. The number of pyridine rings is 1. The van der Waals surface area contributed by atoms with Crippen molar-refractivity contribution in [3.8, 4) is 11.4 Å². The van der Waals surface area contributed by atoms with E-state index < -0.39 is 11.3 Å². The van der Waals surface area contributed by atoms with E-state index >= 15 is 0 Å². The van der Waals surface area contributed by atoms with Gasteiger partial charge < -0.3 is 5.32 Å². The van der Waals surface area contributed by atoms with Crippen LogP contribution in [-0.4, -0.2) is 43.0 Å². The van der Waals surface area contributed by atoms with E-state index in [4.69, 9.17) is 0 Å². The molecule has 1 aliphatic rings. The molecule has 2 N–H and O–H groups in total. The number of urea groups is 1. The Morgan fingerprint density at radius 2 is 2.04 bits per heavy atom. The fourth-order valence-electron chi connectivity index (χ4n) is 2.43. The van der Waals surface area contributed by atoms with Crippen LogP contribution in [0.3, 0.4) is 0 Å². The second kappa shape index (κ2) is 7.86. The summed E-state index contributed by atoms with van der Waals surface area (Å²) in [5, 5.41) is 13.8. The third kappa shape index (κ3) is 4.40. The molecule has 0 bridgehead atoms. The molecule has 26 heavy (non-hydrogen) atoms. The van der Waals surface area contributed by atoms with Crippen LogP contribution in [0.15, 0.2) is 29.7 Å². The topological polar surface area (TPSA) is 102 Å². The quantitative estimate of drug-likeness (QED) is 0.753. The van der Waals surface area contributed by atoms with Gasteiger partial charge in [-0.15, -0.1) is 10.2 Å². The molecule has 0 unspecified atom stereocenters. The Bertz CT molecular complexity index is 788. The Kier molecular flexibility index (Phi) is 5.55. The average molecular weight is 374 g/mol. The first kappa shape index (κ1) is 18.4. The molecule has 1 aliphatic carbocycles. The fraction of sp³-hybridized carbons (Fsp3) is 0.471. The van der Waals surface area contributed by atoms with Crippen LogP contribution in [0.5, 0.6) is 0 Å². The molecule has 1 fully saturated rings. The molecule has 0 aromatic carbocycles. The average Bonchev–Trinajstić information content (AvgIpc) is 3.35. The molecule has 8 nitrogen and oxygen atoms in total. The van der Waals surface area contributed by atoms with Gasteiger partial charge in [0.25, 0.3) is 0 Å². The number of imide groups is 1. The zero-order chi connectivity index (χ0) is 18.7. The van der Waals surface area contributed by atoms with Crippen molar-refractivity contribution in [1.82, 2.24) is 30.4 Å². The van der Waals surface area contributed by atoms with E-state index in [2.05, 4.69) is 30.4 Å². The predicted molar refractivity (Wildman–Crippen MR) is 98.7 cm³/mol. The van der Waals surface area contributed by atoms with Crippen molar-refractivity contribution in [2.24, 2.45) is 0 Å². The molecule has 0 radical (unpaired) electrons. The second-order valence-corrected chi connectivity index (χ2v) is 7.83. The van der Waals surface area contributed by atoms with Gasteiger partial charge in [-0.05, 0) is 45.7 Å². The third-order valence-electron chi connectivity index (χ3n) is 3.80. The summed E-state index contributed by atoms with van der Waals surface area (Å²) in [4.78, 5) is 28.1. The molecule has 1 saturated carbocycles. The van der Waals surface area contributed by atoms with Gasteiger partial charge in [0, 0.05) is 30.0 Å². The number of amides is 3. The largest absolute Gasteiger partial charge is 0.336 e. The summed E-state index contributed by atoms with van der Waals surface area (Å²) in [6, 6.07) is 3.62. The third-order valence-corrected chi connectivity index (χ3v) is 4.86. The first-order valence-electron chi connectivity index (χ1n) is 8.59. The van der Waals surface area contributed by atoms with Gasteiger partial charge in [-0.25, -0.2) is 4.79 Å². The Hall–Kier alpha value is -2.42. The van der Waals surface area contributed by atoms with E-state index in [1.54, 1.807) is 19.3 Å². The molecule has 9 heteroatoms. The summed E-state index contributed by atoms with van der Waals surface area (Å²) in [5.41, 5.74) is 0.896. The van der Waals surface area contributed by atoms with Gasteiger partial charge in [0.2, 0.25) is 5.91 Å². The lowest BCUT2D eigenvalue weighted by atomic mass is 10.3. The van der Waals surface area contributed by atoms with Crippen LogP contribution in [-0.2, 0) is 4.79 Å². The van der Waals surface area contributed by atoms with Gasteiger partial charge in [0.05, 0.1) is 5.25 Å². The van der Waals surface area contributed by atoms with Crippen LogP contribution in [0.4, 0.5) is 4.79 Å². The van der Waals surface area contributed by atoms with E-state index in [0.29, 0.717) is 11.2 Å². The van der Waals surface area contributed by atoms with Gasteiger partial charge in [-0.3, -0.25) is 19.7 Å². The summed E-state index contributed by atoms with van der Waals surface area (Å²) in [6.45, 7) is 5.42. The zero-order valence-corrected chi connectivity index (χ0v) is 15.8. The molecular weight excluding hydrogens is 352 g/mol. The maximum atomic E-state index is 12.3. The van der Waals surface area contributed by atoms with Crippen molar-refractivity contribution in [3.63, 3.8) is 0 Å². The van der Waals surface area contributed by atoms with Gasteiger partial charge in [0.15, 0.2) is 11.0 Å². The van der Waals surface area contributed by atoms with E-state index in [1.807, 2.05) is 26.0 Å². The molecule has 2 heterocycles. The van der Waals surface area contributed by atoms with Crippen molar-refractivity contribution < 1.29 is 9.59 Å². The van der Waals surface area contributed by atoms with Gasteiger partial charge >= 0.3 is 6.03 Å². The lowest BCUT2D eigenvalue weighted by molar-refractivity contribution is -0.119. The molecule has 138 valence electrons. The first-order chi connectivity index (χ1) is 12.5. The van der Waals surface area contributed by atoms with Crippen LogP contribution in [0.1, 0.15) is 39.7 Å². The molecule has 2 aromatic heterocycles. The zero-order valence-electron chi connectivity index (χ0n) is 15.0. The number of hydrogen-bond donors (Lipinski definition) is 2. The highest BCUT2D eigenvalue weighted by Crippen LogP contribution is 2.41. The number of hydrogen-bond acceptors (Lipinski definition) is 6. The van der Waals surface area contributed by atoms with E-state index in [-0.39, 0.29) is 11.9 Å². The van der Waals surface area contributed by atoms with Crippen molar-refractivity contribution >= 4 is 23.7 Å². The highest BCUT2D eigenvalue weighted by molar-refractivity contribution is 8.00. The van der Waals surface area contributed by atoms with Crippen molar-refractivity contribution in [2.45, 2.75) is 56.1 Å². The maximum Gasteiger partial charge on any atom is 0.321 e. The van der Waals surface area contributed by atoms with Gasteiger partial charge in [-0.1, -0.05) is 11.8 Å². The Morgan fingerprint density at radius 3 is 2.65 bits per heavy atom. The van der Waals surface area contributed by atoms with E-state index in [0.717, 1.165) is 24.2 Å². The van der Waals surface area contributed by atoms with Crippen molar-refractivity contribution in [1.29, 1.82) is 0 Å². The minimum Gasteiger partial charge on any atom is -0.336 e. The smallest absolute Gasteiger partial charge is 0.321 e. The van der Waals surface area contributed by atoms with Crippen LogP contribution < -0.4 is 10.6 Å². The number of carbonyl (C=O) groups excluding carboxylic acids is 2. The van der Waals surface area contributed by atoms with Crippen molar-refractivity contribution in [2.75, 3.05) is 0 Å². The summed E-state index contributed by atoms with van der Waals surface area (Å²) in [6.07, 6.45) is 5.60. The van der Waals surface area contributed by atoms with Gasteiger partial charge in [0.1, 0.15) is 0 Å². The molecule has 3 rings (SSSR count). The number of rotatable bonds is 6. The van der Waals surface area contributed by atoms with E-state index in [1.165, 1.54) is 11.8 Å². The van der Waals surface area contributed by atoms with Crippen LogP contribution in [0, 0.1) is 0 Å². The number of carbonyl (C=O) groups is 2. The highest BCUT2D eigenvalue weighted by Gasteiger charge is 2.31. The van der Waals surface area contributed by atoms with Crippen LogP contribution in [0.2, 0.25) is 0 Å². The normalized spacial score (nSPS) is 14.9. The van der Waals surface area contributed by atoms with Crippen LogP contribution >= 0.6 is 11.8 Å². The van der Waals surface area contributed by atoms with Crippen molar-refractivity contribution in [3.05, 3.63) is 24.5 Å². The highest BCUT2D eigenvalue weighted by atomic mass is 32.2. The maximum absolute atomic E-state index is 12.3. The summed E-state index contributed by atoms with van der Waals surface area (Å²) in [5.74, 6) is 0.398. The Labute approximate surface area is 156 Å². The van der Waals surface area contributed by atoms with Gasteiger partial charge in [-0.2, -0.15) is 0 Å². The molecule has 0 aliphatic heterocycles. The number of nitrogens with zero attached hydrogens (tertiary/aromatic N) is 4.